The highest BCUT2D eigenvalue weighted by atomic mass is 127. The molecule has 24 heavy (non-hydrogen) atoms. The fourth-order valence-electron chi connectivity index (χ4n) is 4.84. The topological polar surface area (TPSA) is 9.72 Å². The Morgan fingerprint density at radius 3 is 2.21 bits per heavy atom. The van der Waals surface area contributed by atoms with Gasteiger partial charge in [0.15, 0.2) is 0 Å². The Kier molecular flexibility index (Phi) is 5.37. The van der Waals surface area contributed by atoms with Gasteiger partial charge in [-0.25, -0.2) is 0 Å². The summed E-state index contributed by atoms with van der Waals surface area (Å²) >= 11 is 2.58. The zero-order valence-corrected chi connectivity index (χ0v) is 18.9. The van der Waals surface area contributed by atoms with E-state index in [9.17, 15) is 0 Å². The molecular weight excluding hydrogens is 409 g/mol. The molecule has 3 saturated heterocycles. The summed E-state index contributed by atoms with van der Waals surface area (Å²) in [6, 6.07) is 1.59. The third-order valence-electron chi connectivity index (χ3n) is 6.97. The summed E-state index contributed by atoms with van der Waals surface area (Å²) in [7, 11) is 0. The van der Waals surface area contributed by atoms with Crippen molar-refractivity contribution in [2.75, 3.05) is 39.3 Å². The van der Waals surface area contributed by atoms with Crippen LogP contribution in [0.2, 0.25) is 0 Å². The summed E-state index contributed by atoms with van der Waals surface area (Å²) in [5, 5.41) is 0. The lowest BCUT2D eigenvalue weighted by Crippen LogP contribution is -2.76. The summed E-state index contributed by atoms with van der Waals surface area (Å²) in [5.41, 5.74) is 1.11. The smallest absolute Gasteiger partial charge is 0.0673 e. The van der Waals surface area contributed by atoms with Gasteiger partial charge < -0.3 is 4.90 Å². The number of likely N-dealkylation sites (tertiary alicyclic amines) is 3. The van der Waals surface area contributed by atoms with Crippen molar-refractivity contribution in [3.05, 3.63) is 0 Å². The Labute approximate surface area is 163 Å². The Morgan fingerprint density at radius 1 is 1.08 bits per heavy atom. The van der Waals surface area contributed by atoms with E-state index in [1.165, 1.54) is 58.5 Å². The number of hydrogen-bond acceptors (Lipinski definition) is 3. The molecule has 0 aromatic rings. The molecule has 3 fully saturated rings. The Hall–Kier alpha value is 0.610. The van der Waals surface area contributed by atoms with Crippen LogP contribution in [0.15, 0.2) is 0 Å². The van der Waals surface area contributed by atoms with Crippen LogP contribution in [0.5, 0.6) is 0 Å². The Bertz CT molecular complexity index is 442. The predicted octanol–water partition coefficient (Wildman–Crippen LogP) is 4.06. The van der Waals surface area contributed by atoms with E-state index in [0.717, 1.165) is 12.1 Å². The average molecular weight is 447 g/mol. The van der Waals surface area contributed by atoms with Crippen LogP contribution in [-0.2, 0) is 0 Å². The number of rotatable bonds is 5. The molecule has 2 atom stereocenters. The molecule has 140 valence electrons. The lowest BCUT2D eigenvalue weighted by Gasteiger charge is -2.65. The van der Waals surface area contributed by atoms with Crippen molar-refractivity contribution < 1.29 is 0 Å². The van der Waals surface area contributed by atoms with Gasteiger partial charge in [-0.05, 0) is 52.0 Å². The molecule has 0 aliphatic carbocycles. The number of piperidine rings is 1. The molecular formula is C20H38IN3. The third kappa shape index (κ3) is 3.96. The number of nitrogens with zero attached hydrogens (tertiary/aromatic N) is 3. The molecule has 0 amide bonds. The van der Waals surface area contributed by atoms with E-state index >= 15 is 0 Å². The normalized spacial score (nSPS) is 32.6. The van der Waals surface area contributed by atoms with Crippen LogP contribution in [0.1, 0.15) is 60.8 Å². The van der Waals surface area contributed by atoms with E-state index < -0.39 is 0 Å². The first-order valence-electron chi connectivity index (χ1n) is 9.96. The van der Waals surface area contributed by atoms with Crippen molar-refractivity contribution in [3.63, 3.8) is 0 Å². The van der Waals surface area contributed by atoms with Crippen LogP contribution >= 0.6 is 22.6 Å². The highest BCUT2D eigenvalue weighted by molar-refractivity contribution is 14.1. The highest BCUT2D eigenvalue weighted by Crippen LogP contribution is 2.46. The molecule has 1 spiro atoms. The predicted molar refractivity (Wildman–Crippen MR) is 112 cm³/mol. The van der Waals surface area contributed by atoms with Gasteiger partial charge in [0.1, 0.15) is 0 Å². The third-order valence-corrected chi connectivity index (χ3v) is 7.65. The van der Waals surface area contributed by atoms with Crippen LogP contribution in [0.25, 0.3) is 0 Å². The summed E-state index contributed by atoms with van der Waals surface area (Å²) in [6.07, 6.45) is 4.02. The van der Waals surface area contributed by atoms with Crippen LogP contribution in [-0.4, -0.2) is 69.6 Å². The second-order valence-corrected chi connectivity index (χ2v) is 12.8. The lowest BCUT2D eigenvalue weighted by molar-refractivity contribution is -0.149. The van der Waals surface area contributed by atoms with Gasteiger partial charge in [0.25, 0.3) is 0 Å². The number of hydrogen-bond donors (Lipinski definition) is 0. The van der Waals surface area contributed by atoms with E-state index in [1.807, 2.05) is 0 Å². The van der Waals surface area contributed by atoms with E-state index in [4.69, 9.17) is 0 Å². The monoisotopic (exact) mass is 447 g/mol. The number of alkyl halides is 1. The van der Waals surface area contributed by atoms with Gasteiger partial charge in [-0.3, -0.25) is 9.80 Å². The zero-order valence-electron chi connectivity index (χ0n) is 16.7. The Balaban J connectivity index is 1.44. The van der Waals surface area contributed by atoms with Crippen LogP contribution < -0.4 is 0 Å². The van der Waals surface area contributed by atoms with Crippen molar-refractivity contribution in [1.82, 2.24) is 14.7 Å². The highest BCUT2D eigenvalue weighted by Gasteiger charge is 2.55. The fraction of sp³-hybridized carbons (Fsp3) is 1.00. The van der Waals surface area contributed by atoms with Crippen molar-refractivity contribution >= 4 is 22.6 Å². The van der Waals surface area contributed by atoms with Gasteiger partial charge in [0, 0.05) is 50.2 Å². The van der Waals surface area contributed by atoms with Gasteiger partial charge in [-0.15, -0.1) is 0 Å². The molecule has 0 aromatic heterocycles. The maximum atomic E-state index is 2.80. The second kappa shape index (κ2) is 6.65. The van der Waals surface area contributed by atoms with Gasteiger partial charge in [0.2, 0.25) is 0 Å². The van der Waals surface area contributed by atoms with E-state index in [1.54, 1.807) is 0 Å². The fourth-order valence-corrected chi connectivity index (χ4v) is 5.18. The van der Waals surface area contributed by atoms with Crippen LogP contribution in [0.3, 0.4) is 0 Å². The quantitative estimate of drug-likeness (QED) is 0.358. The molecule has 3 aliphatic rings. The van der Waals surface area contributed by atoms with Crippen molar-refractivity contribution in [2.45, 2.75) is 76.4 Å². The van der Waals surface area contributed by atoms with Crippen molar-refractivity contribution in [1.29, 1.82) is 0 Å². The molecule has 0 aromatic carbocycles. The van der Waals surface area contributed by atoms with Gasteiger partial charge in [0.05, 0.1) is 3.55 Å². The molecule has 3 heterocycles. The molecule has 3 aliphatic heterocycles. The van der Waals surface area contributed by atoms with Crippen LogP contribution in [0, 0.1) is 10.8 Å². The summed E-state index contributed by atoms with van der Waals surface area (Å²) in [4.78, 5) is 8.19. The zero-order chi connectivity index (χ0) is 17.8. The Morgan fingerprint density at radius 2 is 1.71 bits per heavy atom. The molecule has 0 radical (unpaired) electrons. The van der Waals surface area contributed by atoms with Gasteiger partial charge >= 0.3 is 0 Å². The van der Waals surface area contributed by atoms with Crippen molar-refractivity contribution in [2.24, 2.45) is 10.8 Å². The maximum absolute atomic E-state index is 2.80. The molecule has 1 unspecified atom stereocenters. The van der Waals surface area contributed by atoms with Crippen LogP contribution in [0.4, 0.5) is 0 Å². The molecule has 0 saturated carbocycles. The average Bonchev–Trinajstić information content (AvgIpc) is 2.37. The molecule has 0 bridgehead atoms. The second-order valence-electron chi connectivity index (χ2n) is 10.2. The minimum Gasteiger partial charge on any atom is -0.300 e. The summed E-state index contributed by atoms with van der Waals surface area (Å²) in [5.74, 6) is 0. The summed E-state index contributed by atoms with van der Waals surface area (Å²) in [6.45, 7) is 22.2. The van der Waals surface area contributed by atoms with Gasteiger partial charge in [-0.2, -0.15) is 0 Å². The molecule has 0 N–H and O–H groups in total. The van der Waals surface area contributed by atoms with E-state index in [0.29, 0.717) is 14.4 Å². The van der Waals surface area contributed by atoms with E-state index in [-0.39, 0.29) is 0 Å². The summed E-state index contributed by atoms with van der Waals surface area (Å²) < 4.78 is 0.329. The first-order valence-corrected chi connectivity index (χ1v) is 11.0. The first kappa shape index (κ1) is 19.4. The SMILES string of the molecule is CCC(C)(C)CN1CCC(N2CC3(C2)CN(C(C)(C)I)C3)C[C@H]1C. The maximum Gasteiger partial charge on any atom is 0.0673 e. The first-order chi connectivity index (χ1) is 11.0. The molecule has 4 heteroatoms. The minimum atomic E-state index is 0.329. The van der Waals surface area contributed by atoms with Gasteiger partial charge in [-0.1, -0.05) is 43.4 Å². The lowest BCUT2D eigenvalue weighted by atomic mass is 9.71. The standard InChI is InChI=1S/C20H38IN3/c1-7-18(3,4)11-22-9-8-17(10-16(22)2)23-12-20(13-23)14-24(15-20)19(5,6)21/h16-17H,7-15H2,1-6H3/t16-,17?/m1/s1. The minimum absolute atomic E-state index is 0.329. The number of halogens is 1. The van der Waals surface area contributed by atoms with Crippen molar-refractivity contribution in [3.8, 4) is 0 Å². The largest absolute Gasteiger partial charge is 0.300 e. The molecule has 3 rings (SSSR count). The molecule has 3 nitrogen and oxygen atoms in total. The van der Waals surface area contributed by atoms with E-state index in [2.05, 4.69) is 78.8 Å².